The molecule has 3 amide bonds. The SMILES string of the molecule is Cc1nc(SCC(=O)NC(=O)Nc2ccc(Br)cc2)oc1C. The summed E-state index contributed by atoms with van der Waals surface area (Å²) >= 11 is 4.44. The van der Waals surface area contributed by atoms with Crippen LogP contribution in [0.4, 0.5) is 10.5 Å². The second-order valence-corrected chi connectivity index (χ2v) is 6.26. The van der Waals surface area contributed by atoms with Crippen molar-refractivity contribution in [3.8, 4) is 0 Å². The van der Waals surface area contributed by atoms with Crippen LogP contribution in [-0.2, 0) is 4.79 Å². The van der Waals surface area contributed by atoms with E-state index in [1.807, 2.05) is 6.92 Å². The number of aryl methyl sites for hydroxylation is 2. The van der Waals surface area contributed by atoms with Crippen molar-refractivity contribution in [2.24, 2.45) is 0 Å². The Morgan fingerprint density at radius 2 is 1.95 bits per heavy atom. The van der Waals surface area contributed by atoms with Gasteiger partial charge in [0.1, 0.15) is 5.76 Å². The lowest BCUT2D eigenvalue weighted by molar-refractivity contribution is -0.117. The fraction of sp³-hybridized carbons (Fsp3) is 0.214. The smallest absolute Gasteiger partial charge is 0.325 e. The van der Waals surface area contributed by atoms with E-state index in [1.165, 1.54) is 0 Å². The van der Waals surface area contributed by atoms with E-state index < -0.39 is 11.9 Å². The minimum atomic E-state index is -0.576. The first-order valence-corrected chi connectivity index (χ1v) is 8.15. The summed E-state index contributed by atoms with van der Waals surface area (Å²) in [5, 5.41) is 5.23. The molecule has 116 valence electrons. The van der Waals surface area contributed by atoms with Crippen molar-refractivity contribution in [2.75, 3.05) is 11.1 Å². The highest BCUT2D eigenvalue weighted by molar-refractivity contribution is 9.10. The van der Waals surface area contributed by atoms with Gasteiger partial charge in [0.2, 0.25) is 5.91 Å². The number of anilines is 1. The molecule has 0 saturated heterocycles. The number of halogens is 1. The fourth-order valence-corrected chi connectivity index (χ4v) is 2.47. The Bertz CT molecular complexity index is 666. The first-order chi connectivity index (χ1) is 10.4. The number of urea groups is 1. The molecule has 0 aliphatic carbocycles. The van der Waals surface area contributed by atoms with E-state index in [4.69, 9.17) is 4.42 Å². The van der Waals surface area contributed by atoms with Crippen LogP contribution < -0.4 is 10.6 Å². The van der Waals surface area contributed by atoms with Crippen molar-refractivity contribution in [3.63, 3.8) is 0 Å². The van der Waals surface area contributed by atoms with Crippen LogP contribution >= 0.6 is 27.7 Å². The van der Waals surface area contributed by atoms with Crippen molar-refractivity contribution < 1.29 is 14.0 Å². The number of oxazole rings is 1. The van der Waals surface area contributed by atoms with Gasteiger partial charge < -0.3 is 9.73 Å². The number of carbonyl (C=O) groups is 2. The molecule has 0 bridgehead atoms. The third kappa shape index (κ3) is 4.88. The Hall–Kier alpha value is -1.80. The van der Waals surface area contributed by atoms with Gasteiger partial charge in [0, 0.05) is 10.2 Å². The lowest BCUT2D eigenvalue weighted by atomic mass is 10.3. The number of nitrogens with zero attached hydrogens (tertiary/aromatic N) is 1. The topological polar surface area (TPSA) is 84.2 Å². The van der Waals surface area contributed by atoms with Gasteiger partial charge >= 0.3 is 6.03 Å². The maximum absolute atomic E-state index is 11.7. The molecule has 0 radical (unpaired) electrons. The number of amides is 3. The lowest BCUT2D eigenvalue weighted by Crippen LogP contribution is -2.35. The van der Waals surface area contributed by atoms with Gasteiger partial charge in [-0.15, -0.1) is 0 Å². The lowest BCUT2D eigenvalue weighted by Gasteiger charge is -2.06. The quantitative estimate of drug-likeness (QED) is 0.789. The first kappa shape index (κ1) is 16.6. The molecule has 22 heavy (non-hydrogen) atoms. The molecule has 2 aromatic rings. The molecule has 0 saturated carbocycles. The van der Waals surface area contributed by atoms with Gasteiger partial charge in [0.05, 0.1) is 11.4 Å². The first-order valence-electron chi connectivity index (χ1n) is 6.37. The number of hydrogen-bond acceptors (Lipinski definition) is 5. The fourth-order valence-electron chi connectivity index (χ4n) is 1.49. The molecule has 1 aromatic carbocycles. The predicted octanol–water partition coefficient (Wildman–Crippen LogP) is 3.49. The summed E-state index contributed by atoms with van der Waals surface area (Å²) in [7, 11) is 0. The van der Waals surface area contributed by atoms with Gasteiger partial charge in [-0.3, -0.25) is 10.1 Å². The number of thioether (sulfide) groups is 1. The molecular weight excluding hydrogens is 370 g/mol. The highest BCUT2D eigenvalue weighted by Gasteiger charge is 2.12. The van der Waals surface area contributed by atoms with Crippen molar-refractivity contribution >= 4 is 45.3 Å². The minimum Gasteiger partial charge on any atom is -0.437 e. The van der Waals surface area contributed by atoms with E-state index in [0.717, 1.165) is 27.7 Å². The minimum absolute atomic E-state index is 0.0488. The Morgan fingerprint density at radius 3 is 2.55 bits per heavy atom. The Balaban J connectivity index is 1.78. The van der Waals surface area contributed by atoms with Gasteiger partial charge in [-0.05, 0) is 38.1 Å². The molecular formula is C14H14BrN3O3S. The summed E-state index contributed by atoms with van der Waals surface area (Å²) in [6.07, 6.45) is 0. The molecule has 0 unspecified atom stereocenters. The number of imide groups is 1. The average Bonchev–Trinajstić information content (AvgIpc) is 2.78. The standard InChI is InChI=1S/C14H14BrN3O3S/c1-8-9(2)21-14(16-8)22-7-12(19)18-13(20)17-11-5-3-10(15)4-6-11/h3-6H,7H2,1-2H3,(H2,17,18,19,20). The number of carbonyl (C=O) groups excluding carboxylic acids is 2. The van der Waals surface area contributed by atoms with Gasteiger partial charge in [0.25, 0.3) is 5.22 Å². The summed E-state index contributed by atoms with van der Waals surface area (Å²) in [6.45, 7) is 3.63. The predicted molar refractivity (Wildman–Crippen MR) is 88.0 cm³/mol. The number of rotatable bonds is 4. The Kier molecular flexibility index (Phi) is 5.62. The summed E-state index contributed by atoms with van der Waals surface area (Å²) < 4.78 is 6.25. The maximum Gasteiger partial charge on any atom is 0.325 e. The van der Waals surface area contributed by atoms with Gasteiger partial charge in [-0.1, -0.05) is 27.7 Å². The van der Waals surface area contributed by atoms with Crippen molar-refractivity contribution in [2.45, 2.75) is 19.1 Å². The second kappa shape index (κ2) is 7.46. The third-order valence-corrected chi connectivity index (χ3v) is 4.05. The number of aromatic nitrogens is 1. The Labute approximate surface area is 140 Å². The monoisotopic (exact) mass is 383 g/mol. The summed E-state index contributed by atoms with van der Waals surface area (Å²) in [6, 6.07) is 6.46. The molecule has 0 spiro atoms. The zero-order chi connectivity index (χ0) is 16.1. The van der Waals surface area contributed by atoms with Gasteiger partial charge in [-0.2, -0.15) is 0 Å². The van der Waals surface area contributed by atoms with Crippen LogP contribution in [0.15, 0.2) is 38.4 Å². The number of nitrogens with one attached hydrogen (secondary N) is 2. The number of hydrogen-bond donors (Lipinski definition) is 2. The van der Waals surface area contributed by atoms with Crippen LogP contribution in [0.5, 0.6) is 0 Å². The summed E-state index contributed by atoms with van der Waals surface area (Å²) in [5.41, 5.74) is 1.39. The molecule has 0 atom stereocenters. The van der Waals surface area contributed by atoms with Crippen LogP contribution in [0.2, 0.25) is 0 Å². The van der Waals surface area contributed by atoms with E-state index in [-0.39, 0.29) is 5.75 Å². The molecule has 1 aromatic heterocycles. The van der Waals surface area contributed by atoms with E-state index in [9.17, 15) is 9.59 Å². The molecule has 0 aliphatic rings. The highest BCUT2D eigenvalue weighted by atomic mass is 79.9. The van der Waals surface area contributed by atoms with Crippen LogP contribution in [0, 0.1) is 13.8 Å². The summed E-state index contributed by atoms with van der Waals surface area (Å²) in [5.74, 6) is 0.344. The van der Waals surface area contributed by atoms with E-state index in [0.29, 0.717) is 10.9 Å². The molecule has 8 heteroatoms. The normalized spacial score (nSPS) is 10.3. The van der Waals surface area contributed by atoms with Gasteiger partial charge in [-0.25, -0.2) is 9.78 Å². The van der Waals surface area contributed by atoms with Crippen molar-refractivity contribution in [1.29, 1.82) is 0 Å². The van der Waals surface area contributed by atoms with E-state index in [1.54, 1.807) is 31.2 Å². The van der Waals surface area contributed by atoms with Crippen molar-refractivity contribution in [1.82, 2.24) is 10.3 Å². The highest BCUT2D eigenvalue weighted by Crippen LogP contribution is 2.19. The van der Waals surface area contributed by atoms with Crippen LogP contribution in [-0.4, -0.2) is 22.7 Å². The van der Waals surface area contributed by atoms with Gasteiger partial charge in [0.15, 0.2) is 0 Å². The maximum atomic E-state index is 11.7. The second-order valence-electron chi connectivity index (χ2n) is 4.42. The molecule has 2 N–H and O–H groups in total. The van der Waals surface area contributed by atoms with E-state index >= 15 is 0 Å². The molecule has 0 fully saturated rings. The molecule has 6 nitrogen and oxygen atoms in total. The zero-order valence-electron chi connectivity index (χ0n) is 12.0. The Morgan fingerprint density at radius 1 is 1.27 bits per heavy atom. The molecule has 2 rings (SSSR count). The molecule has 0 aliphatic heterocycles. The summed E-state index contributed by atoms with van der Waals surface area (Å²) in [4.78, 5) is 27.5. The van der Waals surface area contributed by atoms with Crippen molar-refractivity contribution in [3.05, 3.63) is 40.2 Å². The van der Waals surface area contributed by atoms with E-state index in [2.05, 4.69) is 31.5 Å². The number of benzene rings is 1. The zero-order valence-corrected chi connectivity index (χ0v) is 14.4. The van der Waals surface area contributed by atoms with Crippen LogP contribution in [0.3, 0.4) is 0 Å². The van der Waals surface area contributed by atoms with Crippen LogP contribution in [0.1, 0.15) is 11.5 Å². The largest absolute Gasteiger partial charge is 0.437 e. The van der Waals surface area contributed by atoms with Crippen LogP contribution in [0.25, 0.3) is 0 Å². The third-order valence-electron chi connectivity index (χ3n) is 2.69. The molecule has 1 heterocycles. The average molecular weight is 384 g/mol.